The summed E-state index contributed by atoms with van der Waals surface area (Å²) < 4.78 is 10.8. The quantitative estimate of drug-likeness (QED) is 0.750. The van der Waals surface area contributed by atoms with Crippen LogP contribution in [0.1, 0.15) is 18.9 Å². The zero-order chi connectivity index (χ0) is 11.8. The smallest absolute Gasteiger partial charge is 0.161 e. The molecule has 0 saturated carbocycles. The van der Waals surface area contributed by atoms with Crippen LogP contribution in [-0.4, -0.2) is 20.3 Å². The normalized spacial score (nSPS) is 10.7. The zero-order valence-electron chi connectivity index (χ0n) is 9.90. The number of ether oxygens (including phenoxy) is 2. The molecule has 0 saturated heterocycles. The SMILES string of the molecule is C/C=C/c1ccc(OC)c(OCCCN)c1. The van der Waals surface area contributed by atoms with E-state index < -0.39 is 0 Å². The van der Waals surface area contributed by atoms with Gasteiger partial charge in [-0.15, -0.1) is 0 Å². The summed E-state index contributed by atoms with van der Waals surface area (Å²) in [4.78, 5) is 0. The Bertz CT molecular complexity index is 348. The highest BCUT2D eigenvalue weighted by Crippen LogP contribution is 2.28. The van der Waals surface area contributed by atoms with E-state index >= 15 is 0 Å². The van der Waals surface area contributed by atoms with Gasteiger partial charge in [-0.1, -0.05) is 18.2 Å². The third kappa shape index (κ3) is 3.59. The standard InChI is InChI=1S/C13H19NO2/c1-3-5-11-6-7-12(15-2)13(10-11)16-9-4-8-14/h3,5-7,10H,4,8-9,14H2,1-2H3/b5-3+. The molecule has 3 nitrogen and oxygen atoms in total. The second-order valence-electron chi connectivity index (χ2n) is 3.40. The summed E-state index contributed by atoms with van der Waals surface area (Å²) in [6.07, 6.45) is 4.86. The van der Waals surface area contributed by atoms with Crippen LogP contribution in [0.15, 0.2) is 24.3 Å². The number of nitrogens with two attached hydrogens (primary N) is 1. The molecule has 16 heavy (non-hydrogen) atoms. The van der Waals surface area contributed by atoms with E-state index in [1.807, 2.05) is 37.3 Å². The fraction of sp³-hybridized carbons (Fsp3) is 0.385. The predicted molar refractivity (Wildman–Crippen MR) is 66.9 cm³/mol. The second kappa shape index (κ2) is 6.90. The van der Waals surface area contributed by atoms with Gasteiger partial charge in [-0.25, -0.2) is 0 Å². The second-order valence-corrected chi connectivity index (χ2v) is 3.40. The molecular formula is C13H19NO2. The summed E-state index contributed by atoms with van der Waals surface area (Å²) in [6, 6.07) is 5.87. The van der Waals surface area contributed by atoms with Gasteiger partial charge in [0.15, 0.2) is 11.5 Å². The number of allylic oxidation sites excluding steroid dienone is 1. The fourth-order valence-corrected chi connectivity index (χ4v) is 1.37. The van der Waals surface area contributed by atoms with Crippen molar-refractivity contribution in [1.29, 1.82) is 0 Å². The molecule has 0 aliphatic rings. The minimum Gasteiger partial charge on any atom is -0.493 e. The van der Waals surface area contributed by atoms with Crippen LogP contribution in [0.4, 0.5) is 0 Å². The summed E-state index contributed by atoms with van der Waals surface area (Å²) in [7, 11) is 1.64. The molecule has 1 rings (SSSR count). The van der Waals surface area contributed by atoms with Gasteiger partial charge in [0.1, 0.15) is 0 Å². The Hall–Kier alpha value is -1.48. The van der Waals surface area contributed by atoms with Crippen LogP contribution in [0.5, 0.6) is 11.5 Å². The lowest BCUT2D eigenvalue weighted by molar-refractivity contribution is 0.291. The van der Waals surface area contributed by atoms with E-state index in [4.69, 9.17) is 15.2 Å². The van der Waals surface area contributed by atoms with Gasteiger partial charge in [0.25, 0.3) is 0 Å². The first-order chi connectivity index (χ1) is 7.81. The van der Waals surface area contributed by atoms with Gasteiger partial charge in [0.2, 0.25) is 0 Å². The fourth-order valence-electron chi connectivity index (χ4n) is 1.37. The molecule has 0 amide bonds. The van der Waals surface area contributed by atoms with Crippen molar-refractivity contribution >= 4 is 6.08 Å². The molecule has 0 bridgehead atoms. The van der Waals surface area contributed by atoms with Crippen LogP contribution in [0.25, 0.3) is 6.08 Å². The molecular weight excluding hydrogens is 202 g/mol. The molecule has 0 heterocycles. The van der Waals surface area contributed by atoms with Gasteiger partial charge < -0.3 is 15.2 Å². The molecule has 1 aromatic rings. The number of benzene rings is 1. The lowest BCUT2D eigenvalue weighted by Crippen LogP contribution is -2.06. The lowest BCUT2D eigenvalue weighted by atomic mass is 10.2. The third-order valence-electron chi connectivity index (χ3n) is 2.15. The first kappa shape index (κ1) is 12.6. The summed E-state index contributed by atoms with van der Waals surface area (Å²) in [5.74, 6) is 1.52. The van der Waals surface area contributed by atoms with Crippen molar-refractivity contribution in [3.63, 3.8) is 0 Å². The van der Waals surface area contributed by atoms with Crippen molar-refractivity contribution in [2.75, 3.05) is 20.3 Å². The molecule has 0 aliphatic carbocycles. The highest BCUT2D eigenvalue weighted by atomic mass is 16.5. The molecule has 0 fully saturated rings. The Morgan fingerprint density at radius 1 is 1.31 bits per heavy atom. The highest BCUT2D eigenvalue weighted by molar-refractivity contribution is 5.55. The summed E-state index contributed by atoms with van der Waals surface area (Å²) in [5.41, 5.74) is 6.52. The minimum atomic E-state index is 0.617. The Morgan fingerprint density at radius 3 is 2.75 bits per heavy atom. The van der Waals surface area contributed by atoms with E-state index in [-0.39, 0.29) is 0 Å². The van der Waals surface area contributed by atoms with Gasteiger partial charge in [-0.2, -0.15) is 0 Å². The molecule has 3 heteroatoms. The Balaban J connectivity index is 2.80. The van der Waals surface area contributed by atoms with Crippen molar-refractivity contribution in [3.8, 4) is 11.5 Å². The van der Waals surface area contributed by atoms with Crippen LogP contribution in [-0.2, 0) is 0 Å². The van der Waals surface area contributed by atoms with Gasteiger partial charge >= 0.3 is 0 Å². The van der Waals surface area contributed by atoms with Crippen LogP contribution < -0.4 is 15.2 Å². The topological polar surface area (TPSA) is 44.5 Å². The molecule has 0 radical (unpaired) electrons. The van der Waals surface area contributed by atoms with Gasteiger partial charge in [0.05, 0.1) is 13.7 Å². The summed E-state index contributed by atoms with van der Waals surface area (Å²) in [6.45, 7) is 3.24. The monoisotopic (exact) mass is 221 g/mol. The Labute approximate surface area is 96.9 Å². The van der Waals surface area contributed by atoms with Crippen molar-refractivity contribution in [2.45, 2.75) is 13.3 Å². The first-order valence-corrected chi connectivity index (χ1v) is 5.45. The van der Waals surface area contributed by atoms with Crippen molar-refractivity contribution in [2.24, 2.45) is 5.73 Å². The van der Waals surface area contributed by atoms with Crippen LogP contribution in [0, 0.1) is 0 Å². The predicted octanol–water partition coefficient (Wildman–Crippen LogP) is 2.46. The highest BCUT2D eigenvalue weighted by Gasteiger charge is 2.04. The molecule has 0 aromatic heterocycles. The summed E-state index contributed by atoms with van der Waals surface area (Å²) in [5, 5.41) is 0. The van der Waals surface area contributed by atoms with Crippen LogP contribution in [0.3, 0.4) is 0 Å². The third-order valence-corrected chi connectivity index (χ3v) is 2.15. The Morgan fingerprint density at radius 2 is 2.12 bits per heavy atom. The van der Waals surface area contributed by atoms with Crippen molar-refractivity contribution in [3.05, 3.63) is 29.8 Å². The van der Waals surface area contributed by atoms with E-state index in [1.165, 1.54) is 0 Å². The maximum absolute atomic E-state index is 5.62. The molecule has 0 aliphatic heterocycles. The first-order valence-electron chi connectivity index (χ1n) is 5.45. The molecule has 1 aromatic carbocycles. The minimum absolute atomic E-state index is 0.617. The number of rotatable bonds is 6. The summed E-state index contributed by atoms with van der Waals surface area (Å²) >= 11 is 0. The van der Waals surface area contributed by atoms with Gasteiger partial charge in [-0.05, 0) is 37.6 Å². The lowest BCUT2D eigenvalue weighted by Gasteiger charge is -2.10. The molecule has 0 spiro atoms. The maximum atomic E-state index is 5.62. The molecule has 88 valence electrons. The van der Waals surface area contributed by atoms with Crippen molar-refractivity contribution < 1.29 is 9.47 Å². The largest absolute Gasteiger partial charge is 0.493 e. The number of methoxy groups -OCH3 is 1. The number of hydrogen-bond acceptors (Lipinski definition) is 3. The van der Waals surface area contributed by atoms with E-state index in [1.54, 1.807) is 7.11 Å². The average Bonchev–Trinajstić information content (AvgIpc) is 2.30. The average molecular weight is 221 g/mol. The molecule has 0 atom stereocenters. The number of hydrogen-bond donors (Lipinski definition) is 1. The van der Waals surface area contributed by atoms with E-state index in [2.05, 4.69) is 0 Å². The van der Waals surface area contributed by atoms with E-state index in [0.29, 0.717) is 13.2 Å². The zero-order valence-corrected chi connectivity index (χ0v) is 9.90. The van der Waals surface area contributed by atoms with E-state index in [9.17, 15) is 0 Å². The van der Waals surface area contributed by atoms with E-state index in [0.717, 1.165) is 23.5 Å². The molecule has 0 unspecified atom stereocenters. The van der Waals surface area contributed by atoms with Crippen LogP contribution in [0.2, 0.25) is 0 Å². The molecule has 2 N–H and O–H groups in total. The Kier molecular flexibility index (Phi) is 5.43. The van der Waals surface area contributed by atoms with Crippen molar-refractivity contribution in [1.82, 2.24) is 0 Å². The van der Waals surface area contributed by atoms with Crippen LogP contribution >= 0.6 is 0 Å². The van der Waals surface area contributed by atoms with Gasteiger partial charge in [-0.3, -0.25) is 0 Å². The van der Waals surface area contributed by atoms with Gasteiger partial charge in [0, 0.05) is 0 Å². The maximum Gasteiger partial charge on any atom is 0.161 e.